The lowest BCUT2D eigenvalue weighted by Gasteiger charge is -2.36. The zero-order chi connectivity index (χ0) is 33.1. The molecule has 46 heavy (non-hydrogen) atoms. The molecule has 1 saturated heterocycles. The van der Waals surface area contributed by atoms with Crippen LogP contribution in [0.2, 0.25) is 0 Å². The van der Waals surface area contributed by atoms with E-state index in [4.69, 9.17) is 14.6 Å². The highest BCUT2D eigenvalue weighted by atomic mass is 19.4. The van der Waals surface area contributed by atoms with Crippen LogP contribution in [0.15, 0.2) is 72.9 Å². The van der Waals surface area contributed by atoms with Crippen molar-refractivity contribution in [3.63, 3.8) is 0 Å². The molecule has 5 rings (SSSR count). The van der Waals surface area contributed by atoms with Crippen molar-refractivity contribution in [2.24, 2.45) is 0 Å². The van der Waals surface area contributed by atoms with E-state index in [-0.39, 0.29) is 47.8 Å². The fourth-order valence-corrected chi connectivity index (χ4v) is 5.91. The Labute approximate surface area is 262 Å². The minimum absolute atomic E-state index is 0.0473. The highest BCUT2D eigenvalue weighted by Gasteiger charge is 2.56. The van der Waals surface area contributed by atoms with E-state index >= 15 is 0 Å². The number of methoxy groups -OCH3 is 1. The zero-order valence-electron chi connectivity index (χ0n) is 25.1. The van der Waals surface area contributed by atoms with Crippen LogP contribution < -0.4 is 9.47 Å². The Balaban J connectivity index is 1.32. The Kier molecular flexibility index (Phi) is 9.54. The molecule has 3 aromatic carbocycles. The van der Waals surface area contributed by atoms with Crippen LogP contribution in [0.3, 0.4) is 0 Å². The number of ether oxygens (including phenoxy) is 2. The third-order valence-electron chi connectivity index (χ3n) is 8.39. The van der Waals surface area contributed by atoms with Gasteiger partial charge in [0.15, 0.2) is 17.1 Å². The van der Waals surface area contributed by atoms with Gasteiger partial charge in [-0.2, -0.15) is 13.2 Å². The molecule has 2 heterocycles. The maximum Gasteiger partial charge on any atom is 0.421 e. The first-order valence-corrected chi connectivity index (χ1v) is 14.8. The number of nitro benzene ring substituents is 1. The van der Waals surface area contributed by atoms with E-state index in [0.717, 1.165) is 11.6 Å². The van der Waals surface area contributed by atoms with Gasteiger partial charge in [0.2, 0.25) is 0 Å². The number of alkyl halides is 3. The molecule has 1 aliphatic rings. The first kappa shape index (κ1) is 32.8. The van der Waals surface area contributed by atoms with Crippen LogP contribution >= 0.6 is 0 Å². The number of benzene rings is 3. The number of halogens is 3. The monoisotopic (exact) mass is 641 g/mol. The molecule has 0 aliphatic carbocycles. The van der Waals surface area contributed by atoms with Crippen LogP contribution in [0.4, 0.5) is 18.9 Å². The van der Waals surface area contributed by atoms with Crippen molar-refractivity contribution in [1.82, 2.24) is 9.47 Å². The van der Waals surface area contributed by atoms with Crippen molar-refractivity contribution in [3.05, 3.63) is 99.7 Å². The van der Waals surface area contributed by atoms with Gasteiger partial charge in [0.25, 0.3) is 5.69 Å². The van der Waals surface area contributed by atoms with E-state index in [1.165, 1.54) is 30.0 Å². The smallest absolute Gasteiger partial charge is 0.421 e. The number of hydrogen-bond donors (Lipinski definition) is 2. The first-order chi connectivity index (χ1) is 21.9. The maximum atomic E-state index is 14.7. The van der Waals surface area contributed by atoms with Crippen molar-refractivity contribution in [2.45, 2.75) is 50.1 Å². The summed E-state index contributed by atoms with van der Waals surface area (Å²) < 4.78 is 57.2. The van der Waals surface area contributed by atoms with Gasteiger partial charge < -0.3 is 29.2 Å². The number of rotatable bonds is 12. The van der Waals surface area contributed by atoms with Gasteiger partial charge in [-0.05, 0) is 42.2 Å². The SMILES string of the molecule is COc1cc(CC(=O)O)ccc1OC1CCN(CCC(O)(c2cn(Cc3ccccc3)c3cc([N+](=O)[O-])ccc23)C(F)(F)F)CC1. The first-order valence-electron chi connectivity index (χ1n) is 14.8. The van der Waals surface area contributed by atoms with Gasteiger partial charge in [-0.1, -0.05) is 36.4 Å². The van der Waals surface area contributed by atoms with E-state index in [9.17, 15) is 33.2 Å². The quantitative estimate of drug-likeness (QED) is 0.144. The highest BCUT2D eigenvalue weighted by Crippen LogP contribution is 2.45. The summed E-state index contributed by atoms with van der Waals surface area (Å²) in [7, 11) is 1.46. The van der Waals surface area contributed by atoms with Crippen LogP contribution in [0.1, 0.15) is 36.0 Å². The van der Waals surface area contributed by atoms with Gasteiger partial charge in [-0.15, -0.1) is 0 Å². The van der Waals surface area contributed by atoms with E-state index in [0.29, 0.717) is 43.0 Å². The normalized spacial score (nSPS) is 15.8. The minimum Gasteiger partial charge on any atom is -0.493 e. The number of aliphatic hydroxyl groups is 1. The molecule has 4 aromatic rings. The number of likely N-dealkylation sites (tertiary alicyclic amines) is 1. The zero-order valence-corrected chi connectivity index (χ0v) is 25.1. The molecule has 13 heteroatoms. The van der Waals surface area contributed by atoms with Gasteiger partial charge in [0, 0.05) is 61.9 Å². The fourth-order valence-electron chi connectivity index (χ4n) is 5.91. The summed E-state index contributed by atoms with van der Waals surface area (Å²) in [5.41, 5.74) is -2.25. The average Bonchev–Trinajstić information content (AvgIpc) is 3.38. The van der Waals surface area contributed by atoms with Crippen molar-refractivity contribution >= 4 is 22.6 Å². The Morgan fingerprint density at radius 1 is 1.02 bits per heavy atom. The number of carboxylic acids is 1. The molecule has 1 aromatic heterocycles. The highest BCUT2D eigenvalue weighted by molar-refractivity contribution is 5.87. The van der Waals surface area contributed by atoms with Crippen LogP contribution in [-0.2, 0) is 23.4 Å². The second-order valence-corrected chi connectivity index (χ2v) is 11.4. The molecule has 0 saturated carbocycles. The second-order valence-electron chi connectivity index (χ2n) is 11.4. The van der Waals surface area contributed by atoms with Crippen LogP contribution in [-0.4, -0.2) is 69.6 Å². The molecule has 0 amide bonds. The second kappa shape index (κ2) is 13.4. The number of nitrogens with zero attached hydrogens (tertiary/aromatic N) is 3. The molecule has 0 spiro atoms. The lowest BCUT2D eigenvalue weighted by Crippen LogP contribution is -2.46. The number of fused-ring (bicyclic) bond motifs is 1. The van der Waals surface area contributed by atoms with Gasteiger partial charge in [0.05, 0.1) is 24.0 Å². The van der Waals surface area contributed by atoms with Gasteiger partial charge in [-0.3, -0.25) is 14.9 Å². The third-order valence-corrected chi connectivity index (χ3v) is 8.39. The number of carboxylic acid groups (broad SMARTS) is 1. The molecule has 1 atom stereocenters. The summed E-state index contributed by atoms with van der Waals surface area (Å²) >= 11 is 0. The molecule has 0 radical (unpaired) electrons. The summed E-state index contributed by atoms with van der Waals surface area (Å²) in [5.74, 6) is -0.121. The number of piperidine rings is 1. The van der Waals surface area contributed by atoms with Crippen molar-refractivity contribution in [1.29, 1.82) is 0 Å². The van der Waals surface area contributed by atoms with Gasteiger partial charge >= 0.3 is 12.1 Å². The lowest BCUT2D eigenvalue weighted by atomic mass is 9.88. The lowest BCUT2D eigenvalue weighted by molar-refractivity contribution is -0.384. The summed E-state index contributed by atoms with van der Waals surface area (Å²) in [6.45, 7) is 0.973. The molecule has 1 fully saturated rings. The molecule has 10 nitrogen and oxygen atoms in total. The standard InChI is InChI=1S/C33H34F3N3O7/c1-45-30-17-23(18-31(40)41)7-10-29(30)46-25-11-14-37(15-12-25)16-13-32(42,33(34,35)36)27-21-38(20-22-5-3-2-4-6-22)28-19-24(39(43)44)8-9-26(27)28/h2-10,17,19,21,25,42H,11-16,18,20H2,1H3,(H,40,41). The summed E-state index contributed by atoms with van der Waals surface area (Å²) in [6.07, 6.45) is -3.76. The molecule has 0 bridgehead atoms. The minimum atomic E-state index is -5.02. The molecule has 2 N–H and O–H groups in total. The fraction of sp³-hybridized carbons (Fsp3) is 0.364. The number of carbonyl (C=O) groups is 1. The Bertz CT molecular complexity index is 1700. The van der Waals surface area contributed by atoms with E-state index < -0.39 is 29.1 Å². The summed E-state index contributed by atoms with van der Waals surface area (Å²) in [5, 5.41) is 32.0. The maximum absolute atomic E-state index is 14.7. The number of non-ortho nitro benzene ring substituents is 1. The van der Waals surface area contributed by atoms with Gasteiger partial charge in [0.1, 0.15) is 6.10 Å². The van der Waals surface area contributed by atoms with Crippen molar-refractivity contribution in [3.8, 4) is 11.5 Å². The summed E-state index contributed by atoms with van der Waals surface area (Å²) in [6, 6.07) is 17.5. The molecular formula is C33H34F3N3O7. The number of nitro groups is 1. The van der Waals surface area contributed by atoms with Crippen LogP contribution in [0.5, 0.6) is 11.5 Å². The summed E-state index contributed by atoms with van der Waals surface area (Å²) in [4.78, 5) is 23.8. The molecule has 244 valence electrons. The molecular weight excluding hydrogens is 607 g/mol. The van der Waals surface area contributed by atoms with Crippen molar-refractivity contribution < 1.29 is 42.6 Å². The number of aromatic nitrogens is 1. The van der Waals surface area contributed by atoms with Crippen molar-refractivity contribution in [2.75, 3.05) is 26.7 Å². The predicted molar refractivity (Wildman–Crippen MR) is 163 cm³/mol. The van der Waals surface area contributed by atoms with Crippen LogP contribution in [0.25, 0.3) is 10.9 Å². The Hall–Kier alpha value is -4.62. The molecule has 1 unspecified atom stereocenters. The van der Waals surface area contributed by atoms with Crippen LogP contribution in [0, 0.1) is 10.1 Å². The van der Waals surface area contributed by atoms with Gasteiger partial charge in [-0.25, -0.2) is 0 Å². The largest absolute Gasteiger partial charge is 0.493 e. The van der Waals surface area contributed by atoms with E-state index in [2.05, 4.69) is 0 Å². The Morgan fingerprint density at radius 3 is 2.37 bits per heavy atom. The molecule has 1 aliphatic heterocycles. The third kappa shape index (κ3) is 7.10. The Morgan fingerprint density at radius 2 is 1.74 bits per heavy atom. The van der Waals surface area contributed by atoms with E-state index in [1.54, 1.807) is 42.5 Å². The number of aliphatic carboxylic acids is 1. The number of hydrogen-bond acceptors (Lipinski definition) is 7. The predicted octanol–water partition coefficient (Wildman–Crippen LogP) is 5.92. The topological polar surface area (TPSA) is 127 Å². The average molecular weight is 642 g/mol. The van der Waals surface area contributed by atoms with E-state index in [1.807, 2.05) is 11.0 Å².